The fourth-order valence-corrected chi connectivity index (χ4v) is 7.55. The number of amides is 1. The van der Waals surface area contributed by atoms with E-state index in [1.165, 1.54) is 23.5 Å². The summed E-state index contributed by atoms with van der Waals surface area (Å²) in [7, 11) is 0. The Labute approximate surface area is 254 Å². The largest absolute Gasteiger partial charge is 0.417 e. The number of aliphatic hydroxyl groups excluding tert-OH is 3. The number of piperidine rings is 2. The molecular weight excluding hydrogens is 583 g/mol. The van der Waals surface area contributed by atoms with Gasteiger partial charge in [0.1, 0.15) is 6.61 Å². The topological polar surface area (TPSA) is 105 Å². The standard InChI is InChI=1S/C30H42F3N5O4S/c31-30(32,33)25-7-6-21(15-27(25)43-14-13-36-11-4-5-22(40)16-36)29-24-19-37(28(42)20-39)12-8-26(24)38(34-29)18-23(41)17-35-9-2-1-3-10-35/h6-7,15,22-23,39-41H,1-5,8-14,16-20H2. The highest BCUT2D eigenvalue weighted by atomic mass is 32.2. The molecule has 2 unspecified atom stereocenters. The molecule has 43 heavy (non-hydrogen) atoms. The molecule has 1 aromatic heterocycles. The maximum atomic E-state index is 14.0. The number of carbonyl (C=O) groups excluding carboxylic acids is 1. The van der Waals surface area contributed by atoms with Crippen LogP contribution in [0.4, 0.5) is 13.2 Å². The first kappa shape index (κ1) is 32.2. The molecule has 4 heterocycles. The highest BCUT2D eigenvalue weighted by Gasteiger charge is 2.35. The Morgan fingerprint density at radius 3 is 2.56 bits per heavy atom. The third-order valence-electron chi connectivity index (χ3n) is 8.63. The maximum Gasteiger partial charge on any atom is 0.417 e. The van der Waals surface area contributed by atoms with E-state index in [-0.39, 0.29) is 18.0 Å². The Morgan fingerprint density at radius 2 is 1.84 bits per heavy atom. The Morgan fingerprint density at radius 1 is 1.07 bits per heavy atom. The molecule has 13 heteroatoms. The van der Waals surface area contributed by atoms with E-state index in [1.807, 2.05) is 0 Å². The lowest BCUT2D eigenvalue weighted by Gasteiger charge is -2.29. The Kier molecular flexibility index (Phi) is 10.7. The molecule has 2 fully saturated rings. The fourth-order valence-electron chi connectivity index (χ4n) is 6.43. The molecule has 238 valence electrons. The van der Waals surface area contributed by atoms with Crippen LogP contribution >= 0.6 is 11.8 Å². The minimum absolute atomic E-state index is 0.107. The predicted molar refractivity (Wildman–Crippen MR) is 158 cm³/mol. The predicted octanol–water partition coefficient (Wildman–Crippen LogP) is 2.84. The van der Waals surface area contributed by atoms with Gasteiger partial charge in [-0.15, -0.1) is 11.8 Å². The number of aliphatic hydroxyl groups is 3. The van der Waals surface area contributed by atoms with Crippen molar-refractivity contribution in [2.24, 2.45) is 0 Å². The summed E-state index contributed by atoms with van der Waals surface area (Å²) >= 11 is 1.14. The van der Waals surface area contributed by atoms with Gasteiger partial charge in [0.25, 0.3) is 0 Å². The van der Waals surface area contributed by atoms with Crippen molar-refractivity contribution >= 4 is 17.7 Å². The van der Waals surface area contributed by atoms with Crippen LogP contribution in [0.15, 0.2) is 23.1 Å². The van der Waals surface area contributed by atoms with Crippen molar-refractivity contribution in [1.82, 2.24) is 24.5 Å². The molecule has 0 spiro atoms. The van der Waals surface area contributed by atoms with Crippen LogP contribution in [0.2, 0.25) is 0 Å². The molecule has 0 radical (unpaired) electrons. The van der Waals surface area contributed by atoms with Gasteiger partial charge in [0.15, 0.2) is 0 Å². The van der Waals surface area contributed by atoms with Crippen molar-refractivity contribution < 1.29 is 33.3 Å². The lowest BCUT2D eigenvalue weighted by Crippen LogP contribution is -2.39. The molecule has 1 aromatic carbocycles. The lowest BCUT2D eigenvalue weighted by molar-refractivity contribution is -0.139. The number of rotatable bonds is 10. The third-order valence-corrected chi connectivity index (χ3v) is 9.66. The van der Waals surface area contributed by atoms with E-state index in [4.69, 9.17) is 5.10 Å². The molecule has 5 rings (SSSR count). The molecule has 3 N–H and O–H groups in total. The summed E-state index contributed by atoms with van der Waals surface area (Å²) in [5.74, 6) is 0.0220. The first-order valence-electron chi connectivity index (χ1n) is 15.2. The molecule has 3 aliphatic rings. The summed E-state index contributed by atoms with van der Waals surface area (Å²) in [4.78, 5) is 18.3. The third kappa shape index (κ3) is 8.12. The zero-order valence-electron chi connectivity index (χ0n) is 24.4. The van der Waals surface area contributed by atoms with Gasteiger partial charge in [0.05, 0.1) is 30.0 Å². The minimum Gasteiger partial charge on any atom is -0.392 e. The van der Waals surface area contributed by atoms with Crippen LogP contribution in [0.25, 0.3) is 11.3 Å². The molecule has 2 atom stereocenters. The highest BCUT2D eigenvalue weighted by molar-refractivity contribution is 7.99. The van der Waals surface area contributed by atoms with Crippen molar-refractivity contribution in [3.8, 4) is 11.3 Å². The molecule has 2 saturated heterocycles. The van der Waals surface area contributed by atoms with E-state index in [9.17, 15) is 33.3 Å². The number of halogens is 3. The van der Waals surface area contributed by atoms with Crippen LogP contribution in [-0.2, 0) is 30.5 Å². The quantitative estimate of drug-likeness (QED) is 0.347. The summed E-state index contributed by atoms with van der Waals surface area (Å²) in [6.07, 6.45) is -0.0979. The molecule has 0 aliphatic carbocycles. The zero-order valence-corrected chi connectivity index (χ0v) is 25.3. The van der Waals surface area contributed by atoms with Crippen molar-refractivity contribution in [3.63, 3.8) is 0 Å². The lowest BCUT2D eigenvalue weighted by atomic mass is 9.99. The number of carbonyl (C=O) groups is 1. The molecule has 2 aromatic rings. The second-order valence-electron chi connectivity index (χ2n) is 11.8. The highest BCUT2D eigenvalue weighted by Crippen LogP contribution is 2.40. The summed E-state index contributed by atoms with van der Waals surface area (Å²) in [5, 5.41) is 35.2. The number of alkyl halides is 3. The Balaban J connectivity index is 1.42. The van der Waals surface area contributed by atoms with Crippen molar-refractivity contribution in [1.29, 1.82) is 0 Å². The minimum atomic E-state index is -4.52. The van der Waals surface area contributed by atoms with Gasteiger partial charge in [-0.05, 0) is 57.5 Å². The molecule has 0 bridgehead atoms. The van der Waals surface area contributed by atoms with Gasteiger partial charge in [-0.2, -0.15) is 18.3 Å². The van der Waals surface area contributed by atoms with Gasteiger partial charge < -0.3 is 25.1 Å². The molecule has 1 amide bonds. The number of β-amino-alcohol motifs (C(OH)–C–C–N with tert-alkyl or cyclic N) is 2. The number of benzene rings is 1. The summed E-state index contributed by atoms with van der Waals surface area (Å²) < 4.78 is 43.9. The maximum absolute atomic E-state index is 14.0. The van der Waals surface area contributed by atoms with Crippen LogP contribution in [0.3, 0.4) is 0 Å². The zero-order chi connectivity index (χ0) is 30.6. The summed E-state index contributed by atoms with van der Waals surface area (Å²) in [6, 6.07) is 4.05. The van der Waals surface area contributed by atoms with Gasteiger partial charge in [-0.3, -0.25) is 14.4 Å². The SMILES string of the molecule is O=C(CO)N1CCc2c(c(-c3ccc(C(F)(F)F)c(SCCN4CCCC(O)C4)c3)nn2CC(O)CN2CCCCC2)C1. The van der Waals surface area contributed by atoms with Crippen LogP contribution in [-0.4, -0.2) is 116 Å². The van der Waals surface area contributed by atoms with Crippen LogP contribution in [0.1, 0.15) is 48.9 Å². The van der Waals surface area contributed by atoms with Crippen LogP contribution in [0.5, 0.6) is 0 Å². The van der Waals surface area contributed by atoms with E-state index in [0.29, 0.717) is 49.6 Å². The van der Waals surface area contributed by atoms with Crippen LogP contribution < -0.4 is 0 Å². The number of aromatic nitrogens is 2. The average Bonchev–Trinajstić information content (AvgIpc) is 3.34. The van der Waals surface area contributed by atoms with Crippen molar-refractivity contribution in [2.75, 3.05) is 58.2 Å². The smallest absolute Gasteiger partial charge is 0.392 e. The second-order valence-corrected chi connectivity index (χ2v) is 13.0. The fraction of sp³-hybridized carbons (Fsp3) is 0.667. The number of hydrogen-bond donors (Lipinski definition) is 3. The van der Waals surface area contributed by atoms with E-state index in [0.717, 1.165) is 74.4 Å². The molecule has 3 aliphatic heterocycles. The van der Waals surface area contributed by atoms with Gasteiger partial charge >= 0.3 is 6.18 Å². The van der Waals surface area contributed by atoms with Crippen LogP contribution in [0, 0.1) is 0 Å². The monoisotopic (exact) mass is 625 g/mol. The number of likely N-dealkylation sites (tertiary alicyclic amines) is 2. The van der Waals surface area contributed by atoms with E-state index in [2.05, 4.69) is 9.80 Å². The summed E-state index contributed by atoms with van der Waals surface area (Å²) in [5.41, 5.74) is 1.89. The van der Waals surface area contributed by atoms with Gasteiger partial charge in [0.2, 0.25) is 5.91 Å². The summed E-state index contributed by atoms with van der Waals surface area (Å²) in [6.45, 7) is 4.53. The molecule has 0 saturated carbocycles. The first-order valence-corrected chi connectivity index (χ1v) is 16.2. The second kappa shape index (κ2) is 14.3. The number of hydrogen-bond acceptors (Lipinski definition) is 8. The Bertz CT molecular complexity index is 1250. The number of fused-ring (bicyclic) bond motifs is 1. The number of thioether (sulfide) groups is 1. The van der Waals surface area contributed by atoms with E-state index in [1.54, 1.807) is 4.68 Å². The van der Waals surface area contributed by atoms with Gasteiger partial charge in [-0.1, -0.05) is 12.5 Å². The van der Waals surface area contributed by atoms with E-state index < -0.39 is 36.5 Å². The molecular formula is C30H42F3N5O4S. The normalized spacial score (nSPS) is 21.2. The number of nitrogens with zero attached hydrogens (tertiary/aromatic N) is 5. The molecule has 9 nitrogen and oxygen atoms in total. The van der Waals surface area contributed by atoms with Crippen molar-refractivity contribution in [2.45, 2.75) is 74.9 Å². The first-order chi connectivity index (χ1) is 20.6. The average molecular weight is 626 g/mol. The Hall–Kier alpha value is -2.16. The van der Waals surface area contributed by atoms with Crippen molar-refractivity contribution in [3.05, 3.63) is 35.0 Å². The van der Waals surface area contributed by atoms with Gasteiger partial charge in [-0.25, -0.2) is 0 Å². The van der Waals surface area contributed by atoms with Gasteiger partial charge in [0, 0.05) is 66.6 Å². The van der Waals surface area contributed by atoms with E-state index >= 15 is 0 Å².